The number of likely N-dealkylation sites (tertiary alicyclic amines) is 2. The van der Waals surface area contributed by atoms with Crippen molar-refractivity contribution in [1.29, 1.82) is 0 Å². The zero-order chi connectivity index (χ0) is 11.3. The molecular weight excluding hydrogens is 188 g/mol. The largest absolute Gasteiger partial charge is 0.338 e. The molecule has 2 rings (SSSR count). The first-order chi connectivity index (χ1) is 6.85. The molecule has 0 N–H and O–H groups in total. The SMILES string of the molecule is CN1C(=O)C[C@@]12CCCN(C(C)(C)C)C2. The molecule has 0 aromatic heterocycles. The van der Waals surface area contributed by atoms with Gasteiger partial charge in [0.25, 0.3) is 0 Å². The Bertz CT molecular complexity index is 282. The highest BCUT2D eigenvalue weighted by atomic mass is 16.2. The van der Waals surface area contributed by atoms with Crippen LogP contribution in [0, 0.1) is 0 Å². The van der Waals surface area contributed by atoms with Crippen LogP contribution in [-0.4, -0.2) is 46.9 Å². The van der Waals surface area contributed by atoms with Gasteiger partial charge in [0.15, 0.2) is 0 Å². The van der Waals surface area contributed by atoms with Crippen LogP contribution in [-0.2, 0) is 4.79 Å². The first-order valence-electron chi connectivity index (χ1n) is 5.87. The van der Waals surface area contributed by atoms with Gasteiger partial charge in [-0.25, -0.2) is 0 Å². The fourth-order valence-corrected chi connectivity index (χ4v) is 2.79. The van der Waals surface area contributed by atoms with Crippen molar-refractivity contribution in [3.63, 3.8) is 0 Å². The molecule has 0 unspecified atom stereocenters. The van der Waals surface area contributed by atoms with Crippen LogP contribution in [0.4, 0.5) is 0 Å². The molecule has 0 aromatic rings. The van der Waals surface area contributed by atoms with E-state index in [0.29, 0.717) is 5.91 Å². The molecule has 1 amide bonds. The smallest absolute Gasteiger partial charge is 0.225 e. The summed E-state index contributed by atoms with van der Waals surface area (Å²) in [5.74, 6) is 0.311. The monoisotopic (exact) mass is 210 g/mol. The molecule has 2 heterocycles. The van der Waals surface area contributed by atoms with Gasteiger partial charge in [0.05, 0.1) is 12.0 Å². The van der Waals surface area contributed by atoms with Crippen molar-refractivity contribution in [3.8, 4) is 0 Å². The molecule has 2 aliphatic rings. The van der Waals surface area contributed by atoms with Gasteiger partial charge in [0.1, 0.15) is 0 Å². The Kier molecular flexibility index (Phi) is 2.34. The van der Waals surface area contributed by atoms with E-state index in [4.69, 9.17) is 0 Å². The van der Waals surface area contributed by atoms with E-state index in [9.17, 15) is 4.79 Å². The molecule has 1 spiro atoms. The normalized spacial score (nSPS) is 33.3. The van der Waals surface area contributed by atoms with Gasteiger partial charge in [0.2, 0.25) is 5.91 Å². The summed E-state index contributed by atoms with van der Waals surface area (Å²) in [6.45, 7) is 9.00. The minimum Gasteiger partial charge on any atom is -0.338 e. The van der Waals surface area contributed by atoms with Gasteiger partial charge in [0, 0.05) is 19.1 Å². The predicted octanol–water partition coefficient (Wildman–Crippen LogP) is 1.48. The van der Waals surface area contributed by atoms with Crippen LogP contribution in [0.2, 0.25) is 0 Å². The number of hydrogen-bond donors (Lipinski definition) is 0. The molecule has 0 radical (unpaired) electrons. The van der Waals surface area contributed by atoms with E-state index in [1.54, 1.807) is 0 Å². The number of nitrogens with zero attached hydrogens (tertiary/aromatic N) is 2. The van der Waals surface area contributed by atoms with Crippen LogP contribution in [0.5, 0.6) is 0 Å². The number of likely N-dealkylation sites (N-methyl/N-ethyl adjacent to an activating group) is 1. The van der Waals surface area contributed by atoms with E-state index >= 15 is 0 Å². The molecule has 0 bridgehead atoms. The molecule has 86 valence electrons. The summed E-state index contributed by atoms with van der Waals surface area (Å²) in [4.78, 5) is 15.8. The topological polar surface area (TPSA) is 23.6 Å². The fraction of sp³-hybridized carbons (Fsp3) is 0.917. The average molecular weight is 210 g/mol. The highest BCUT2D eigenvalue weighted by Gasteiger charge is 2.51. The first-order valence-corrected chi connectivity index (χ1v) is 5.87. The minimum absolute atomic E-state index is 0.169. The van der Waals surface area contributed by atoms with Crippen molar-refractivity contribution < 1.29 is 4.79 Å². The Morgan fingerprint density at radius 3 is 2.47 bits per heavy atom. The summed E-state index contributed by atoms with van der Waals surface area (Å²) in [5.41, 5.74) is 0.398. The predicted molar refractivity (Wildman–Crippen MR) is 60.7 cm³/mol. The number of rotatable bonds is 0. The Balaban J connectivity index is 2.09. The second-order valence-corrected chi connectivity index (χ2v) is 6.05. The van der Waals surface area contributed by atoms with Crippen molar-refractivity contribution in [3.05, 3.63) is 0 Å². The number of amides is 1. The van der Waals surface area contributed by atoms with E-state index in [0.717, 1.165) is 13.0 Å². The van der Waals surface area contributed by atoms with E-state index in [-0.39, 0.29) is 11.1 Å². The van der Waals surface area contributed by atoms with Gasteiger partial charge in [-0.2, -0.15) is 0 Å². The molecule has 2 saturated heterocycles. The molecule has 3 nitrogen and oxygen atoms in total. The summed E-state index contributed by atoms with van der Waals surface area (Å²) in [6.07, 6.45) is 3.16. The molecule has 0 aliphatic carbocycles. The molecule has 3 heteroatoms. The zero-order valence-corrected chi connectivity index (χ0v) is 10.3. The highest BCUT2D eigenvalue weighted by Crippen LogP contribution is 2.39. The maximum absolute atomic E-state index is 11.4. The van der Waals surface area contributed by atoms with Crippen LogP contribution in [0.1, 0.15) is 40.0 Å². The average Bonchev–Trinajstić information content (AvgIpc) is 2.17. The van der Waals surface area contributed by atoms with Crippen LogP contribution < -0.4 is 0 Å². The van der Waals surface area contributed by atoms with Crippen molar-refractivity contribution in [2.45, 2.75) is 51.1 Å². The summed E-state index contributed by atoms with van der Waals surface area (Å²) >= 11 is 0. The van der Waals surface area contributed by atoms with Crippen LogP contribution in [0.25, 0.3) is 0 Å². The molecular formula is C12H22N2O. The minimum atomic E-state index is 0.169. The van der Waals surface area contributed by atoms with Crippen molar-refractivity contribution >= 4 is 5.91 Å². The second-order valence-electron chi connectivity index (χ2n) is 6.05. The molecule has 2 fully saturated rings. The van der Waals surface area contributed by atoms with Crippen LogP contribution in [0.3, 0.4) is 0 Å². The second kappa shape index (κ2) is 3.21. The number of piperidine rings is 1. The maximum atomic E-state index is 11.4. The van der Waals surface area contributed by atoms with Crippen molar-refractivity contribution in [1.82, 2.24) is 9.80 Å². The summed E-state index contributed by atoms with van der Waals surface area (Å²) < 4.78 is 0. The van der Waals surface area contributed by atoms with Gasteiger partial charge in [-0.15, -0.1) is 0 Å². The van der Waals surface area contributed by atoms with E-state index in [1.165, 1.54) is 19.4 Å². The Morgan fingerprint density at radius 1 is 1.33 bits per heavy atom. The van der Waals surface area contributed by atoms with Crippen LogP contribution >= 0.6 is 0 Å². The number of β-lactam (4-membered cyclic amide) rings is 1. The third-order valence-corrected chi connectivity index (χ3v) is 4.07. The van der Waals surface area contributed by atoms with Crippen molar-refractivity contribution in [2.24, 2.45) is 0 Å². The summed E-state index contributed by atoms with van der Waals surface area (Å²) in [7, 11) is 1.96. The molecule has 2 aliphatic heterocycles. The standard InChI is InChI=1S/C12H22N2O/c1-11(2,3)14-7-5-6-12(9-14)8-10(15)13(12)4/h5-9H2,1-4H3/t12-/m1/s1. The Labute approximate surface area is 92.4 Å². The zero-order valence-electron chi connectivity index (χ0n) is 10.3. The summed E-state index contributed by atoms with van der Waals surface area (Å²) in [6, 6.07) is 0. The third-order valence-electron chi connectivity index (χ3n) is 4.07. The lowest BCUT2D eigenvalue weighted by molar-refractivity contribution is -0.161. The lowest BCUT2D eigenvalue weighted by atomic mass is 9.76. The number of carbonyl (C=O) groups excluding carboxylic acids is 1. The van der Waals surface area contributed by atoms with Gasteiger partial charge in [-0.05, 0) is 40.2 Å². The van der Waals surface area contributed by atoms with Gasteiger partial charge in [-0.3, -0.25) is 9.69 Å². The Morgan fingerprint density at radius 2 is 2.00 bits per heavy atom. The third kappa shape index (κ3) is 1.67. The lowest BCUT2D eigenvalue weighted by Crippen LogP contribution is -2.69. The Hall–Kier alpha value is -0.570. The van der Waals surface area contributed by atoms with Crippen LogP contribution in [0.15, 0.2) is 0 Å². The van der Waals surface area contributed by atoms with Gasteiger partial charge < -0.3 is 4.90 Å². The molecule has 0 aromatic carbocycles. The van der Waals surface area contributed by atoms with Gasteiger partial charge >= 0.3 is 0 Å². The number of carbonyl (C=O) groups is 1. The maximum Gasteiger partial charge on any atom is 0.225 e. The molecule has 1 atom stereocenters. The van der Waals surface area contributed by atoms with Gasteiger partial charge in [-0.1, -0.05) is 0 Å². The van der Waals surface area contributed by atoms with Crippen molar-refractivity contribution in [2.75, 3.05) is 20.1 Å². The number of hydrogen-bond acceptors (Lipinski definition) is 2. The lowest BCUT2D eigenvalue weighted by Gasteiger charge is -2.57. The summed E-state index contributed by atoms with van der Waals surface area (Å²) in [5, 5.41) is 0. The van der Waals surface area contributed by atoms with E-state index in [1.807, 2.05) is 11.9 Å². The molecule has 0 saturated carbocycles. The first kappa shape index (κ1) is 10.9. The fourth-order valence-electron chi connectivity index (χ4n) is 2.79. The highest BCUT2D eigenvalue weighted by molar-refractivity contribution is 5.84. The van der Waals surface area contributed by atoms with E-state index < -0.39 is 0 Å². The quantitative estimate of drug-likeness (QED) is 0.565. The van der Waals surface area contributed by atoms with E-state index in [2.05, 4.69) is 25.7 Å². The molecule has 15 heavy (non-hydrogen) atoms.